The van der Waals surface area contributed by atoms with E-state index in [1.165, 1.54) is 236 Å². The van der Waals surface area contributed by atoms with Gasteiger partial charge >= 0.3 is 0 Å². The van der Waals surface area contributed by atoms with Gasteiger partial charge < -0.3 is 0 Å². The van der Waals surface area contributed by atoms with Crippen LogP contribution in [0, 0.1) is 61.6 Å². The van der Waals surface area contributed by atoms with Crippen LogP contribution in [0.5, 0.6) is 0 Å². The Hall–Kier alpha value is -1.65. The summed E-state index contributed by atoms with van der Waals surface area (Å²) in [6.45, 7) is 93.7. The molecule has 3 nitrogen and oxygen atoms in total. The van der Waals surface area contributed by atoms with E-state index in [1.807, 2.05) is 24.3 Å². The highest BCUT2D eigenvalue weighted by Crippen LogP contribution is 2.37. The maximum absolute atomic E-state index is 6.05. The fraction of sp³-hybridized carbons (Fsp3) is 0.877. The molecule has 1 unspecified atom stereocenters. The number of hydrogen-bond donors (Lipinski definition) is 0. The standard InChI is InChI=1S/C13H20.C12H17Cl.C12H24.C11H22.C10H21N.C10H23N.C10H20.C9H20.C8H19N.C8H16.11CH4/c1-13(2,3)11-7-10-12-8-5-4-6-9-12;1-12(2,3)9-8-10-6-4-5-7-11(10)13;1-12(2,3)10-11-8-6-4-5-7-9-11;1-11(2,3)9-10-7-5-4-6-8-10;1-10(2,3)11-8-6-4-5-7-9-11;1-6-8-11(9-7-2)10(3,4)5;1-10(2,3)8-9-6-4-5-7-9;1-6-8(2)7-9(3,4)5;1-6-9(7-2)8(3,4)5;1-5-6-7-8(2,3)4;;;;;;;;;;;/h4-6,8-9H,7,10-11H2,1-3H3;4-7H,8-9H2,1-3H3;11H,4-10H2,1-3H3;10H,4-9H2,1-3H3;4-9H2,1-3H3;6-9H2,1-5H3;9H,4-8H2,1-3H3;8H,6-7H2,1-5H3;6-7H2,1-5H3;5H,1,6-7H2,2-4H3;11*1H4. The number of hydrogen-bond acceptors (Lipinski definition) is 3. The van der Waals surface area contributed by atoms with Gasteiger partial charge in [0.25, 0.3) is 0 Å². The van der Waals surface area contributed by atoms with Crippen molar-refractivity contribution >= 4 is 11.6 Å². The van der Waals surface area contributed by atoms with E-state index in [2.05, 4.69) is 307 Å². The van der Waals surface area contributed by atoms with Crippen molar-refractivity contribution in [2.75, 3.05) is 39.3 Å². The van der Waals surface area contributed by atoms with Crippen molar-refractivity contribution in [3.05, 3.63) is 83.4 Å². The predicted molar refractivity (Wildman–Crippen MR) is 571 cm³/mol. The molecule has 3 aliphatic carbocycles. The van der Waals surface area contributed by atoms with E-state index in [1.54, 1.807) is 0 Å². The Bertz CT molecular complexity index is 2240. The topological polar surface area (TPSA) is 9.72 Å². The first-order chi connectivity index (χ1) is 49.0. The minimum absolute atomic E-state index is 0. The van der Waals surface area contributed by atoms with Crippen LogP contribution in [-0.4, -0.2) is 70.6 Å². The minimum Gasteiger partial charge on any atom is -0.299 e. The van der Waals surface area contributed by atoms with Crippen LogP contribution in [0.2, 0.25) is 5.02 Å². The van der Waals surface area contributed by atoms with Crippen molar-refractivity contribution in [3.8, 4) is 0 Å². The Labute approximate surface area is 765 Å². The molecule has 2 aromatic rings. The van der Waals surface area contributed by atoms with Gasteiger partial charge in [0.05, 0.1) is 0 Å². The van der Waals surface area contributed by atoms with Gasteiger partial charge in [-0.05, 0) is 277 Å². The van der Waals surface area contributed by atoms with E-state index >= 15 is 0 Å². The second kappa shape index (κ2) is 80.0. The normalized spacial score (nSPS) is 15.0. The Morgan fingerprint density at radius 1 is 0.381 bits per heavy atom. The molecule has 1 heterocycles. The maximum atomic E-state index is 6.05. The molecule has 0 N–H and O–H groups in total. The molecule has 0 amide bonds. The van der Waals surface area contributed by atoms with Gasteiger partial charge in [-0.25, -0.2) is 0 Å². The molecule has 3 saturated carbocycles. The van der Waals surface area contributed by atoms with Crippen LogP contribution in [0.4, 0.5) is 0 Å². The zero-order valence-corrected chi connectivity index (χ0v) is 81.3. The van der Waals surface area contributed by atoms with E-state index in [0.29, 0.717) is 54.5 Å². The average Bonchev–Trinajstić information content (AvgIpc) is 1.21. The van der Waals surface area contributed by atoms with Gasteiger partial charge in [-0.3, -0.25) is 14.7 Å². The molecule has 724 valence electrons. The van der Waals surface area contributed by atoms with Crippen LogP contribution in [0.25, 0.3) is 0 Å². The summed E-state index contributed by atoms with van der Waals surface area (Å²) in [5, 5.41) is 0.895. The summed E-state index contributed by atoms with van der Waals surface area (Å²) in [6.07, 6.45) is 48.0. The highest BCUT2D eigenvalue weighted by molar-refractivity contribution is 6.31. The summed E-state index contributed by atoms with van der Waals surface area (Å²) in [6, 6.07) is 18.8. The Morgan fingerprint density at radius 3 is 0.941 bits per heavy atom. The molecule has 1 atom stereocenters. The monoisotopic (exact) mass is 1690 g/mol. The lowest BCUT2D eigenvalue weighted by Crippen LogP contribution is -2.42. The molecule has 4 aliphatic rings. The van der Waals surface area contributed by atoms with Gasteiger partial charge in [-0.1, -0.05) is 450 Å². The molecule has 1 saturated heterocycles. The number of aryl methyl sites for hydroxylation is 2. The van der Waals surface area contributed by atoms with E-state index < -0.39 is 0 Å². The van der Waals surface area contributed by atoms with Crippen LogP contribution in [0.15, 0.2) is 67.3 Å². The molecular formula is C114H246ClN3. The van der Waals surface area contributed by atoms with E-state index in [-0.39, 0.29) is 81.7 Å². The van der Waals surface area contributed by atoms with Crippen LogP contribution < -0.4 is 0 Å². The molecule has 4 fully saturated rings. The Balaban J connectivity index is -0.0000000763. The number of benzene rings is 2. The largest absolute Gasteiger partial charge is 0.299 e. The van der Waals surface area contributed by atoms with Gasteiger partial charge in [-0.2, -0.15) is 0 Å². The molecule has 0 radical (unpaired) electrons. The van der Waals surface area contributed by atoms with Crippen LogP contribution in [0.1, 0.15) is 541 Å². The second-order valence-electron chi connectivity index (χ2n) is 45.1. The number of allylic oxidation sites excluding steroid dienone is 1. The van der Waals surface area contributed by atoms with Crippen molar-refractivity contribution in [1.82, 2.24) is 14.7 Å². The highest BCUT2D eigenvalue weighted by atomic mass is 35.5. The number of likely N-dealkylation sites (tertiary alicyclic amines) is 1. The third kappa shape index (κ3) is 105. The van der Waals surface area contributed by atoms with Gasteiger partial charge in [-0.15, -0.1) is 6.58 Å². The molecule has 6 rings (SSSR count). The van der Waals surface area contributed by atoms with Crippen molar-refractivity contribution in [1.29, 1.82) is 0 Å². The zero-order chi connectivity index (χ0) is 83.4. The van der Waals surface area contributed by atoms with Crippen LogP contribution in [-0.2, 0) is 12.8 Å². The summed E-state index contributed by atoms with van der Waals surface area (Å²) >= 11 is 6.05. The summed E-state index contributed by atoms with van der Waals surface area (Å²) in [4.78, 5) is 7.60. The molecule has 118 heavy (non-hydrogen) atoms. The van der Waals surface area contributed by atoms with Gasteiger partial charge in [0, 0.05) is 21.6 Å². The first-order valence-electron chi connectivity index (χ1n) is 45.6. The first-order valence-corrected chi connectivity index (χ1v) is 46.0. The number of rotatable bonds is 18. The van der Waals surface area contributed by atoms with Crippen LogP contribution >= 0.6 is 11.6 Å². The van der Waals surface area contributed by atoms with Crippen molar-refractivity contribution in [2.45, 2.75) is 559 Å². The molecule has 1 aliphatic heterocycles. The first kappa shape index (κ1) is 151. The summed E-state index contributed by atoms with van der Waals surface area (Å²) in [7, 11) is 0. The van der Waals surface area contributed by atoms with E-state index in [0.717, 1.165) is 54.6 Å². The van der Waals surface area contributed by atoms with Crippen LogP contribution in [0.3, 0.4) is 0 Å². The summed E-state index contributed by atoms with van der Waals surface area (Å²) in [5.41, 5.74) is 7.37. The SMILES string of the molecule is C.C.C.C.C.C.C.C.C.C.C.C=CCCC(C)(C)C.CC(C)(C)CC1CCCC1.CC(C)(C)CC1CCCCC1.CC(C)(C)CC1CCCCCC1.CC(C)(C)CCCc1ccccc1.CC(C)(C)CCc1ccccc1Cl.CC(C)(C)N1CCCCCC1.CCC(C)CC(C)(C)C.CCCN(CCC)C(C)(C)C.CCN(CC)C(C)(C)C. The third-order valence-electron chi connectivity index (χ3n) is 21.2. The van der Waals surface area contributed by atoms with Crippen molar-refractivity contribution in [2.24, 2.45) is 61.6 Å². The Morgan fingerprint density at radius 2 is 0.695 bits per heavy atom. The lowest BCUT2D eigenvalue weighted by atomic mass is 9.78. The highest BCUT2D eigenvalue weighted by Gasteiger charge is 2.25. The molecule has 0 spiro atoms. The maximum Gasteiger partial charge on any atom is 0.0437 e. The number of nitrogens with zero attached hydrogens (tertiary/aromatic N) is 3. The minimum atomic E-state index is 0. The van der Waals surface area contributed by atoms with Gasteiger partial charge in [0.1, 0.15) is 0 Å². The smallest absolute Gasteiger partial charge is 0.0437 e. The fourth-order valence-corrected chi connectivity index (χ4v) is 15.6. The summed E-state index contributed by atoms with van der Waals surface area (Å²) < 4.78 is 0. The van der Waals surface area contributed by atoms with E-state index in [9.17, 15) is 0 Å². The molecule has 2 aromatic carbocycles. The van der Waals surface area contributed by atoms with E-state index in [4.69, 9.17) is 11.6 Å². The predicted octanol–water partition coefficient (Wildman–Crippen LogP) is 41.5. The fourth-order valence-electron chi connectivity index (χ4n) is 15.4. The second-order valence-corrected chi connectivity index (χ2v) is 45.5. The Kier molecular flexibility index (Phi) is 102. The lowest BCUT2D eigenvalue weighted by Gasteiger charge is -2.35. The van der Waals surface area contributed by atoms with Gasteiger partial charge in [0.2, 0.25) is 0 Å². The summed E-state index contributed by atoms with van der Waals surface area (Å²) in [5.74, 6) is 4.03. The molecule has 0 aromatic heterocycles. The third-order valence-corrected chi connectivity index (χ3v) is 21.5. The zero-order valence-electron chi connectivity index (χ0n) is 80.6. The lowest BCUT2D eigenvalue weighted by molar-refractivity contribution is 0.137. The van der Waals surface area contributed by atoms with Gasteiger partial charge in [0.15, 0.2) is 0 Å². The van der Waals surface area contributed by atoms with Crippen molar-refractivity contribution in [3.63, 3.8) is 0 Å². The average molecular weight is 1690 g/mol. The molecular weight excluding hydrogens is 1450 g/mol. The quantitative estimate of drug-likeness (QED) is 0.109. The molecule has 0 bridgehead atoms. The van der Waals surface area contributed by atoms with Crippen molar-refractivity contribution < 1.29 is 0 Å². The molecule has 4 heteroatoms. The number of halogens is 1.